The van der Waals surface area contributed by atoms with E-state index in [2.05, 4.69) is 0 Å². The van der Waals surface area contributed by atoms with Gasteiger partial charge in [-0.3, -0.25) is 0 Å². The van der Waals surface area contributed by atoms with Crippen molar-refractivity contribution < 1.29 is 14.6 Å². The van der Waals surface area contributed by atoms with Crippen molar-refractivity contribution in [2.75, 3.05) is 12.8 Å². The van der Waals surface area contributed by atoms with Gasteiger partial charge in [0.1, 0.15) is 18.1 Å². The van der Waals surface area contributed by atoms with E-state index >= 15 is 0 Å². The highest BCUT2D eigenvalue weighted by molar-refractivity contribution is 5.48. The number of aliphatic hydroxyl groups excluding tert-OH is 1. The van der Waals surface area contributed by atoms with Crippen LogP contribution in [-0.2, 0) is 13.2 Å². The molecule has 0 radical (unpaired) electrons. The van der Waals surface area contributed by atoms with Gasteiger partial charge in [0.2, 0.25) is 0 Å². The van der Waals surface area contributed by atoms with Crippen LogP contribution >= 0.6 is 0 Å². The molecule has 0 aliphatic rings. The molecule has 0 atom stereocenters. The first-order chi connectivity index (χ1) is 9.22. The molecule has 3 N–H and O–H groups in total. The number of hydrogen-bond donors (Lipinski definition) is 2. The molecule has 0 saturated carbocycles. The largest absolute Gasteiger partial charge is 0.496 e. The zero-order chi connectivity index (χ0) is 13.7. The molecule has 0 heterocycles. The molecule has 0 spiro atoms. The number of hydrogen-bond acceptors (Lipinski definition) is 4. The van der Waals surface area contributed by atoms with Crippen molar-refractivity contribution in [3.8, 4) is 11.5 Å². The minimum absolute atomic E-state index is 0.00237. The van der Waals surface area contributed by atoms with Gasteiger partial charge in [-0.25, -0.2) is 0 Å². The lowest BCUT2D eigenvalue weighted by atomic mass is 10.2. The Morgan fingerprint density at radius 2 is 2.00 bits per heavy atom. The molecule has 2 rings (SSSR count). The van der Waals surface area contributed by atoms with Gasteiger partial charge in [-0.15, -0.1) is 0 Å². The molecule has 2 aromatic carbocycles. The summed E-state index contributed by atoms with van der Waals surface area (Å²) in [6.07, 6.45) is 0. The fraction of sp³-hybridized carbons (Fsp3) is 0.200. The first-order valence-electron chi connectivity index (χ1n) is 5.98. The van der Waals surface area contributed by atoms with Crippen molar-refractivity contribution in [2.45, 2.75) is 13.2 Å². The van der Waals surface area contributed by atoms with Gasteiger partial charge in [0.25, 0.3) is 0 Å². The van der Waals surface area contributed by atoms with E-state index in [1.54, 1.807) is 13.2 Å². The van der Waals surface area contributed by atoms with Crippen LogP contribution in [0.3, 0.4) is 0 Å². The van der Waals surface area contributed by atoms with E-state index < -0.39 is 0 Å². The molecule has 0 saturated heterocycles. The van der Waals surface area contributed by atoms with Crippen LogP contribution < -0.4 is 15.2 Å². The summed E-state index contributed by atoms with van der Waals surface area (Å²) in [6.45, 7) is 0.390. The number of methoxy groups -OCH3 is 1. The van der Waals surface area contributed by atoms with Crippen molar-refractivity contribution in [3.05, 3.63) is 53.6 Å². The summed E-state index contributed by atoms with van der Waals surface area (Å²) in [6, 6.07) is 12.8. The predicted octanol–water partition coefficient (Wildman–Crippen LogP) is 2.35. The molecule has 0 amide bonds. The van der Waals surface area contributed by atoms with E-state index in [4.69, 9.17) is 20.3 Å². The average molecular weight is 259 g/mol. The molecule has 0 bridgehead atoms. The molecular formula is C15H17NO3. The van der Waals surface area contributed by atoms with Gasteiger partial charge in [0.05, 0.1) is 13.7 Å². The summed E-state index contributed by atoms with van der Waals surface area (Å²) >= 11 is 0. The van der Waals surface area contributed by atoms with Crippen molar-refractivity contribution >= 4 is 5.69 Å². The molecule has 0 fully saturated rings. The first kappa shape index (κ1) is 13.2. The van der Waals surface area contributed by atoms with Gasteiger partial charge in [0, 0.05) is 17.3 Å². The summed E-state index contributed by atoms with van der Waals surface area (Å²) in [4.78, 5) is 0. The van der Waals surface area contributed by atoms with Gasteiger partial charge in [-0.05, 0) is 29.8 Å². The van der Waals surface area contributed by atoms with E-state index in [-0.39, 0.29) is 6.61 Å². The van der Waals surface area contributed by atoms with Crippen molar-refractivity contribution in [3.63, 3.8) is 0 Å². The van der Waals surface area contributed by atoms with Gasteiger partial charge in [-0.2, -0.15) is 0 Å². The van der Waals surface area contributed by atoms with Crippen LogP contribution in [0, 0.1) is 0 Å². The third-order valence-corrected chi connectivity index (χ3v) is 2.79. The number of aliphatic hydroxyl groups is 1. The molecule has 2 aromatic rings. The number of nitrogen functional groups attached to an aromatic ring is 1. The van der Waals surface area contributed by atoms with Gasteiger partial charge < -0.3 is 20.3 Å². The highest BCUT2D eigenvalue weighted by Crippen LogP contribution is 2.23. The number of anilines is 1. The van der Waals surface area contributed by atoms with Gasteiger partial charge in [-0.1, -0.05) is 12.1 Å². The summed E-state index contributed by atoms with van der Waals surface area (Å²) in [7, 11) is 1.60. The summed E-state index contributed by atoms with van der Waals surface area (Å²) in [5.41, 5.74) is 8.10. The Hall–Kier alpha value is -2.20. The third kappa shape index (κ3) is 3.39. The third-order valence-electron chi connectivity index (χ3n) is 2.79. The summed E-state index contributed by atoms with van der Waals surface area (Å²) < 4.78 is 10.9. The second kappa shape index (κ2) is 6.11. The molecule has 0 unspecified atom stereocenters. The smallest absolute Gasteiger partial charge is 0.127 e. The SMILES string of the molecule is COc1cc(N)ccc1COc1cccc(CO)c1. The Morgan fingerprint density at radius 1 is 1.16 bits per heavy atom. The van der Waals surface area contributed by atoms with Crippen molar-refractivity contribution in [1.29, 1.82) is 0 Å². The zero-order valence-electron chi connectivity index (χ0n) is 10.8. The standard InChI is InChI=1S/C15H17NO3/c1-18-15-8-13(16)6-5-12(15)10-19-14-4-2-3-11(7-14)9-17/h2-8,17H,9-10,16H2,1H3. The minimum Gasteiger partial charge on any atom is -0.496 e. The molecule has 0 aliphatic carbocycles. The maximum absolute atomic E-state index is 9.07. The van der Waals surface area contributed by atoms with E-state index in [0.29, 0.717) is 23.8 Å². The van der Waals surface area contributed by atoms with Crippen LogP contribution in [-0.4, -0.2) is 12.2 Å². The highest BCUT2D eigenvalue weighted by atomic mass is 16.5. The fourth-order valence-corrected chi connectivity index (χ4v) is 1.78. The Labute approximate surface area is 112 Å². The Kier molecular flexibility index (Phi) is 4.26. The lowest BCUT2D eigenvalue weighted by Gasteiger charge is -2.11. The van der Waals surface area contributed by atoms with Crippen LogP contribution in [0.1, 0.15) is 11.1 Å². The Morgan fingerprint density at radius 3 is 2.74 bits per heavy atom. The van der Waals surface area contributed by atoms with E-state index in [1.165, 1.54) is 0 Å². The summed E-state index contributed by atoms with van der Waals surface area (Å²) in [5, 5.41) is 9.07. The fourth-order valence-electron chi connectivity index (χ4n) is 1.78. The van der Waals surface area contributed by atoms with Crippen LogP contribution in [0.25, 0.3) is 0 Å². The lowest BCUT2D eigenvalue weighted by Crippen LogP contribution is -2.00. The zero-order valence-corrected chi connectivity index (χ0v) is 10.8. The number of ether oxygens (including phenoxy) is 2. The first-order valence-corrected chi connectivity index (χ1v) is 5.98. The Balaban J connectivity index is 2.09. The monoisotopic (exact) mass is 259 g/mol. The minimum atomic E-state index is 0.00237. The molecule has 4 heteroatoms. The number of nitrogens with two attached hydrogens (primary N) is 1. The molecule has 100 valence electrons. The van der Waals surface area contributed by atoms with Crippen LogP contribution in [0.5, 0.6) is 11.5 Å². The maximum Gasteiger partial charge on any atom is 0.127 e. The average Bonchev–Trinajstić information content (AvgIpc) is 2.46. The quantitative estimate of drug-likeness (QED) is 0.809. The molecular weight excluding hydrogens is 242 g/mol. The van der Waals surface area contributed by atoms with Gasteiger partial charge in [0.15, 0.2) is 0 Å². The lowest BCUT2D eigenvalue weighted by molar-refractivity contribution is 0.277. The molecule has 0 aliphatic heterocycles. The van der Waals surface area contributed by atoms with Crippen molar-refractivity contribution in [1.82, 2.24) is 0 Å². The van der Waals surface area contributed by atoms with E-state index in [9.17, 15) is 0 Å². The summed E-state index contributed by atoms with van der Waals surface area (Å²) in [5.74, 6) is 1.42. The number of rotatable bonds is 5. The van der Waals surface area contributed by atoms with E-state index in [1.807, 2.05) is 36.4 Å². The van der Waals surface area contributed by atoms with Crippen LogP contribution in [0.15, 0.2) is 42.5 Å². The van der Waals surface area contributed by atoms with Crippen molar-refractivity contribution in [2.24, 2.45) is 0 Å². The molecule has 19 heavy (non-hydrogen) atoms. The Bertz CT molecular complexity index is 555. The maximum atomic E-state index is 9.07. The van der Waals surface area contributed by atoms with Gasteiger partial charge >= 0.3 is 0 Å². The molecule has 4 nitrogen and oxygen atoms in total. The second-order valence-electron chi connectivity index (χ2n) is 4.17. The highest BCUT2D eigenvalue weighted by Gasteiger charge is 2.04. The topological polar surface area (TPSA) is 64.7 Å². The molecule has 0 aromatic heterocycles. The van der Waals surface area contributed by atoms with E-state index in [0.717, 1.165) is 11.1 Å². The normalized spacial score (nSPS) is 10.2. The van der Waals surface area contributed by atoms with Crippen LogP contribution in [0.4, 0.5) is 5.69 Å². The predicted molar refractivity (Wildman–Crippen MR) is 74.1 cm³/mol. The number of benzene rings is 2. The second-order valence-corrected chi connectivity index (χ2v) is 4.17. The van der Waals surface area contributed by atoms with Crippen LogP contribution in [0.2, 0.25) is 0 Å².